The number of thiol groups is 1. The summed E-state index contributed by atoms with van der Waals surface area (Å²) in [4.78, 5) is 4.09. The summed E-state index contributed by atoms with van der Waals surface area (Å²) in [6.07, 6.45) is 0. The molecule has 7 heteroatoms. The van der Waals surface area contributed by atoms with Crippen LogP contribution < -0.4 is 0 Å². The molecular weight excluding hydrogens is 226 g/mol. The Balaban J connectivity index is 2.81. The molecule has 0 aliphatic rings. The summed E-state index contributed by atoms with van der Waals surface area (Å²) in [6, 6.07) is 4.82. The van der Waals surface area contributed by atoms with Crippen LogP contribution in [0.3, 0.4) is 0 Å². The first-order valence-corrected chi connectivity index (χ1v) is 5.43. The summed E-state index contributed by atoms with van der Waals surface area (Å²) in [6.45, 7) is 0. The van der Waals surface area contributed by atoms with Crippen molar-refractivity contribution in [2.45, 2.75) is 10.1 Å². The normalized spacial score (nSPS) is 12.1. The lowest BCUT2D eigenvalue weighted by atomic mass is 10.3. The fourth-order valence-corrected chi connectivity index (χ4v) is 1.67. The molecule has 0 bridgehead atoms. The Hall–Kier alpha value is -1.05. The minimum Gasteiger partial charge on any atom is -0.426 e. The van der Waals surface area contributed by atoms with Gasteiger partial charge in [-0.05, 0) is 12.1 Å². The summed E-state index contributed by atoms with van der Waals surface area (Å²) in [5, 5.41) is -0.714. The number of aromatic nitrogens is 1. The van der Waals surface area contributed by atoms with Crippen LogP contribution in [0.5, 0.6) is 0 Å². The summed E-state index contributed by atoms with van der Waals surface area (Å²) in [5.74, 6) is 0. The molecule has 0 amide bonds. The maximum atomic E-state index is 10.7. The van der Waals surface area contributed by atoms with E-state index in [-0.39, 0.29) is 5.58 Å². The molecule has 0 atom stereocenters. The zero-order valence-electron chi connectivity index (χ0n) is 6.71. The zero-order chi connectivity index (χ0) is 10.3. The maximum Gasteiger partial charge on any atom is 0.347 e. The molecule has 1 aromatic heterocycles. The summed E-state index contributed by atoms with van der Waals surface area (Å²) in [5.41, 5.74) is 0.577. The van der Waals surface area contributed by atoms with Gasteiger partial charge in [-0.15, -0.1) is 12.6 Å². The van der Waals surface area contributed by atoms with E-state index in [0.29, 0.717) is 10.4 Å². The lowest BCUT2D eigenvalue weighted by Crippen LogP contribution is -1.97. The molecule has 0 saturated carbocycles. The molecule has 0 aliphatic carbocycles. The van der Waals surface area contributed by atoms with E-state index in [0.717, 1.165) is 0 Å². The van der Waals surface area contributed by atoms with Gasteiger partial charge in [0.05, 0.1) is 0 Å². The number of benzene rings is 1. The lowest BCUT2D eigenvalue weighted by Gasteiger charge is -1.87. The Morgan fingerprint density at radius 2 is 2.14 bits per heavy atom. The highest BCUT2D eigenvalue weighted by molar-refractivity contribution is 7.85. The van der Waals surface area contributed by atoms with E-state index in [1.54, 1.807) is 12.1 Å². The molecule has 5 nitrogen and oxygen atoms in total. The highest BCUT2D eigenvalue weighted by Crippen LogP contribution is 2.23. The molecule has 0 radical (unpaired) electrons. The lowest BCUT2D eigenvalue weighted by molar-refractivity contribution is 0.408. The summed E-state index contributed by atoms with van der Waals surface area (Å²) >= 11 is 4.06. The molecular formula is C7H5NO4S2. The number of oxazole rings is 1. The average Bonchev–Trinajstić information content (AvgIpc) is 2.48. The Morgan fingerprint density at radius 3 is 2.71 bits per heavy atom. The second-order valence-electron chi connectivity index (χ2n) is 2.58. The van der Waals surface area contributed by atoms with Gasteiger partial charge in [-0.25, -0.2) is 0 Å². The van der Waals surface area contributed by atoms with Crippen LogP contribution in [-0.4, -0.2) is 18.0 Å². The predicted molar refractivity (Wildman–Crippen MR) is 51.1 cm³/mol. The third-order valence-corrected chi connectivity index (χ3v) is 2.58. The Labute approximate surface area is 84.9 Å². The predicted octanol–water partition coefficient (Wildman–Crippen LogP) is 1.36. The molecule has 0 fully saturated rings. The highest BCUT2D eigenvalue weighted by Gasteiger charge is 2.18. The van der Waals surface area contributed by atoms with Crippen LogP contribution in [0.4, 0.5) is 0 Å². The third-order valence-electron chi connectivity index (χ3n) is 1.60. The van der Waals surface area contributed by atoms with Crippen LogP contribution in [0.15, 0.2) is 32.7 Å². The van der Waals surface area contributed by atoms with E-state index in [2.05, 4.69) is 17.6 Å². The van der Waals surface area contributed by atoms with Gasteiger partial charge < -0.3 is 4.42 Å². The van der Waals surface area contributed by atoms with E-state index in [9.17, 15) is 8.42 Å². The second-order valence-corrected chi connectivity index (χ2v) is 4.36. The standard InChI is InChI=1S/C7H5NO4S2/c9-14(10,11)7-8-6-4(12-7)2-1-3-5(6)13/h1-3,13H,(H,9,10,11). The van der Waals surface area contributed by atoms with E-state index < -0.39 is 15.3 Å². The van der Waals surface area contributed by atoms with Gasteiger partial charge in [0.2, 0.25) is 0 Å². The molecule has 0 saturated heterocycles. The molecule has 0 aliphatic heterocycles. The van der Waals surface area contributed by atoms with Crippen molar-refractivity contribution < 1.29 is 17.4 Å². The first-order valence-electron chi connectivity index (χ1n) is 3.54. The second kappa shape index (κ2) is 2.97. The number of para-hydroxylation sites is 1. The van der Waals surface area contributed by atoms with Gasteiger partial charge >= 0.3 is 15.3 Å². The summed E-state index contributed by atoms with van der Waals surface area (Å²) < 4.78 is 34.9. The molecule has 1 heterocycles. The third kappa shape index (κ3) is 1.49. The minimum atomic E-state index is -4.39. The van der Waals surface area contributed by atoms with Crippen LogP contribution >= 0.6 is 12.6 Å². The van der Waals surface area contributed by atoms with Crippen molar-refractivity contribution in [2.24, 2.45) is 0 Å². The average molecular weight is 231 g/mol. The van der Waals surface area contributed by atoms with Gasteiger partial charge in [-0.3, -0.25) is 4.55 Å². The van der Waals surface area contributed by atoms with E-state index in [1.807, 2.05) is 0 Å². The highest BCUT2D eigenvalue weighted by atomic mass is 32.2. The van der Waals surface area contributed by atoms with Crippen molar-refractivity contribution in [3.8, 4) is 0 Å². The molecule has 14 heavy (non-hydrogen) atoms. The molecule has 2 aromatic rings. The maximum absolute atomic E-state index is 10.7. The largest absolute Gasteiger partial charge is 0.426 e. The van der Waals surface area contributed by atoms with E-state index in [4.69, 9.17) is 8.97 Å². The van der Waals surface area contributed by atoms with Crippen LogP contribution in [0.25, 0.3) is 11.1 Å². The van der Waals surface area contributed by atoms with Gasteiger partial charge in [0.1, 0.15) is 5.52 Å². The van der Waals surface area contributed by atoms with Gasteiger partial charge in [-0.1, -0.05) is 6.07 Å². The molecule has 0 unspecified atom stereocenters. The number of hydrogen-bond acceptors (Lipinski definition) is 5. The Morgan fingerprint density at radius 1 is 1.43 bits per heavy atom. The molecule has 2 rings (SSSR count). The summed E-state index contributed by atoms with van der Waals surface area (Å²) in [7, 11) is -4.39. The van der Waals surface area contributed by atoms with Crippen molar-refractivity contribution in [3.63, 3.8) is 0 Å². The van der Waals surface area contributed by atoms with Crippen molar-refractivity contribution in [1.82, 2.24) is 4.98 Å². The first kappa shape index (κ1) is 9.50. The van der Waals surface area contributed by atoms with Crippen LogP contribution in [0.2, 0.25) is 0 Å². The van der Waals surface area contributed by atoms with E-state index >= 15 is 0 Å². The smallest absolute Gasteiger partial charge is 0.347 e. The number of nitrogens with zero attached hydrogens (tertiary/aromatic N) is 1. The van der Waals surface area contributed by atoms with Crippen LogP contribution in [-0.2, 0) is 10.1 Å². The Bertz CT molecular complexity index is 587. The topological polar surface area (TPSA) is 80.4 Å². The van der Waals surface area contributed by atoms with Crippen molar-refractivity contribution >= 4 is 33.8 Å². The number of hydrogen-bond donors (Lipinski definition) is 2. The minimum absolute atomic E-state index is 0.269. The van der Waals surface area contributed by atoms with Gasteiger partial charge in [0, 0.05) is 4.90 Å². The molecule has 1 aromatic carbocycles. The molecule has 0 spiro atoms. The fraction of sp³-hybridized carbons (Fsp3) is 0. The SMILES string of the molecule is O=S(=O)(O)c1nc2c(S)cccc2o1. The number of rotatable bonds is 1. The van der Waals surface area contributed by atoms with Crippen LogP contribution in [0.1, 0.15) is 0 Å². The monoisotopic (exact) mass is 231 g/mol. The fourth-order valence-electron chi connectivity index (χ4n) is 1.02. The zero-order valence-corrected chi connectivity index (χ0v) is 8.42. The number of fused-ring (bicyclic) bond motifs is 1. The molecule has 1 N–H and O–H groups in total. The van der Waals surface area contributed by atoms with Crippen molar-refractivity contribution in [1.29, 1.82) is 0 Å². The van der Waals surface area contributed by atoms with E-state index in [1.165, 1.54) is 6.07 Å². The molecule has 74 valence electrons. The van der Waals surface area contributed by atoms with Crippen LogP contribution in [0, 0.1) is 0 Å². The van der Waals surface area contributed by atoms with Gasteiger partial charge in [0.25, 0.3) is 0 Å². The van der Waals surface area contributed by atoms with Gasteiger partial charge in [0.15, 0.2) is 5.58 Å². The quantitative estimate of drug-likeness (QED) is 0.572. The first-order chi connectivity index (χ1) is 6.48. The Kier molecular flexibility index (Phi) is 2.02. The van der Waals surface area contributed by atoms with Crippen molar-refractivity contribution in [3.05, 3.63) is 18.2 Å². The van der Waals surface area contributed by atoms with Gasteiger partial charge in [-0.2, -0.15) is 13.4 Å². The van der Waals surface area contributed by atoms with Crippen molar-refractivity contribution in [2.75, 3.05) is 0 Å².